The lowest BCUT2D eigenvalue weighted by Gasteiger charge is -2.11. The van der Waals surface area contributed by atoms with E-state index in [9.17, 15) is 14.7 Å². The molecule has 0 spiro atoms. The Morgan fingerprint density at radius 3 is 2.29 bits per heavy atom. The number of carboxylic acid groups (broad SMARTS) is 1. The first-order valence-corrected chi connectivity index (χ1v) is 11.6. The van der Waals surface area contributed by atoms with Crippen LogP contribution in [-0.4, -0.2) is 25.4 Å². The van der Waals surface area contributed by atoms with Crippen molar-refractivity contribution in [3.8, 4) is 11.1 Å². The Labute approximate surface area is 199 Å². The first-order valence-electron chi connectivity index (χ1n) is 11.6. The molecule has 4 aromatic rings. The van der Waals surface area contributed by atoms with E-state index < -0.39 is 5.97 Å². The molecule has 34 heavy (non-hydrogen) atoms. The van der Waals surface area contributed by atoms with Gasteiger partial charge in [0.15, 0.2) is 0 Å². The molecule has 1 atom stereocenters. The van der Waals surface area contributed by atoms with Crippen molar-refractivity contribution in [2.24, 2.45) is 0 Å². The Bertz CT molecular complexity index is 1320. The molecule has 174 valence electrons. The van der Waals surface area contributed by atoms with E-state index in [1.807, 2.05) is 48.5 Å². The summed E-state index contributed by atoms with van der Waals surface area (Å²) in [5.74, 6) is 0.000550. The molecule has 4 rings (SSSR count). The van der Waals surface area contributed by atoms with Gasteiger partial charge in [-0.25, -0.2) is 14.3 Å². The van der Waals surface area contributed by atoms with Crippen LogP contribution >= 0.6 is 0 Å². The zero-order valence-electron chi connectivity index (χ0n) is 19.5. The lowest BCUT2D eigenvalue weighted by Crippen LogP contribution is -2.26. The highest BCUT2D eigenvalue weighted by Gasteiger charge is 2.18. The van der Waals surface area contributed by atoms with Gasteiger partial charge in [0.1, 0.15) is 5.82 Å². The molecule has 0 aliphatic rings. The van der Waals surface area contributed by atoms with Crippen LogP contribution in [0.2, 0.25) is 0 Å². The summed E-state index contributed by atoms with van der Waals surface area (Å²) in [4.78, 5) is 24.8. The predicted molar refractivity (Wildman–Crippen MR) is 133 cm³/mol. The van der Waals surface area contributed by atoms with Crippen LogP contribution < -0.4 is 5.69 Å². The normalized spacial score (nSPS) is 11.9. The van der Waals surface area contributed by atoms with Crippen molar-refractivity contribution in [3.05, 3.63) is 112 Å². The van der Waals surface area contributed by atoms with Crippen molar-refractivity contribution in [2.45, 2.75) is 45.7 Å². The van der Waals surface area contributed by atoms with Gasteiger partial charge in [-0.2, -0.15) is 5.10 Å². The number of hydrogen-bond donors (Lipinski definition) is 1. The van der Waals surface area contributed by atoms with Crippen molar-refractivity contribution >= 4 is 5.97 Å². The van der Waals surface area contributed by atoms with Crippen molar-refractivity contribution in [1.82, 2.24) is 14.3 Å². The number of benzene rings is 3. The fourth-order valence-corrected chi connectivity index (χ4v) is 4.07. The first-order chi connectivity index (χ1) is 16.5. The average molecular weight is 456 g/mol. The lowest BCUT2D eigenvalue weighted by atomic mass is 9.98. The molecule has 0 radical (unpaired) electrons. The van der Waals surface area contributed by atoms with Gasteiger partial charge in [0.2, 0.25) is 0 Å². The monoisotopic (exact) mass is 455 g/mol. The van der Waals surface area contributed by atoms with E-state index in [1.165, 1.54) is 5.56 Å². The van der Waals surface area contributed by atoms with Gasteiger partial charge < -0.3 is 5.11 Å². The molecule has 0 fully saturated rings. The molecular weight excluding hydrogens is 426 g/mol. The number of aromatic nitrogens is 3. The van der Waals surface area contributed by atoms with E-state index >= 15 is 0 Å². The fraction of sp³-hybridized carbons (Fsp3) is 0.250. The molecule has 1 aromatic heterocycles. The molecule has 0 saturated heterocycles. The van der Waals surface area contributed by atoms with E-state index in [2.05, 4.69) is 31.1 Å². The van der Waals surface area contributed by atoms with E-state index in [4.69, 9.17) is 0 Å². The highest BCUT2D eigenvalue weighted by Crippen LogP contribution is 2.25. The summed E-state index contributed by atoms with van der Waals surface area (Å²) in [5, 5.41) is 14.2. The van der Waals surface area contributed by atoms with E-state index in [-0.39, 0.29) is 17.2 Å². The maximum Gasteiger partial charge on any atom is 0.346 e. The Morgan fingerprint density at radius 1 is 0.941 bits per heavy atom. The van der Waals surface area contributed by atoms with Crippen LogP contribution in [-0.2, 0) is 19.5 Å². The van der Waals surface area contributed by atoms with Gasteiger partial charge in [0.05, 0.1) is 18.7 Å². The van der Waals surface area contributed by atoms with Gasteiger partial charge in [0, 0.05) is 5.92 Å². The highest BCUT2D eigenvalue weighted by atomic mass is 16.4. The average Bonchev–Trinajstić information content (AvgIpc) is 3.18. The third-order valence-corrected chi connectivity index (χ3v) is 6.22. The maximum absolute atomic E-state index is 13.2. The lowest BCUT2D eigenvalue weighted by molar-refractivity contribution is 0.0697. The van der Waals surface area contributed by atoms with Gasteiger partial charge in [-0.05, 0) is 41.2 Å². The highest BCUT2D eigenvalue weighted by molar-refractivity contribution is 5.95. The number of nitrogens with zero attached hydrogens (tertiary/aromatic N) is 3. The van der Waals surface area contributed by atoms with Crippen LogP contribution in [0.5, 0.6) is 0 Å². The van der Waals surface area contributed by atoms with E-state index in [0.717, 1.165) is 29.8 Å². The molecule has 0 saturated carbocycles. The second kappa shape index (κ2) is 10.3. The first kappa shape index (κ1) is 23.2. The predicted octanol–water partition coefficient (Wildman–Crippen LogP) is 5.21. The minimum Gasteiger partial charge on any atom is -0.478 e. The zero-order valence-corrected chi connectivity index (χ0v) is 19.5. The van der Waals surface area contributed by atoms with Crippen molar-refractivity contribution < 1.29 is 9.90 Å². The summed E-state index contributed by atoms with van der Waals surface area (Å²) in [6, 6.07) is 24.8. The van der Waals surface area contributed by atoms with Crippen LogP contribution in [0.25, 0.3) is 11.1 Å². The summed E-state index contributed by atoms with van der Waals surface area (Å²) in [7, 11) is 0. The van der Waals surface area contributed by atoms with Crippen LogP contribution in [0.4, 0.5) is 0 Å². The van der Waals surface area contributed by atoms with Crippen LogP contribution in [0.15, 0.2) is 83.7 Å². The molecule has 1 heterocycles. The number of hydrogen-bond acceptors (Lipinski definition) is 3. The summed E-state index contributed by atoms with van der Waals surface area (Å²) in [5.41, 5.74) is 3.80. The Kier molecular flexibility index (Phi) is 7.07. The van der Waals surface area contributed by atoms with Gasteiger partial charge in [0.25, 0.3) is 0 Å². The molecule has 3 aromatic carbocycles. The van der Waals surface area contributed by atoms with Crippen LogP contribution in [0.3, 0.4) is 0 Å². The molecule has 1 N–H and O–H groups in total. The van der Waals surface area contributed by atoms with Crippen LogP contribution in [0.1, 0.15) is 53.5 Å². The molecule has 0 aliphatic heterocycles. The molecule has 0 bridgehead atoms. The maximum atomic E-state index is 13.2. The van der Waals surface area contributed by atoms with E-state index in [0.29, 0.717) is 18.7 Å². The quantitative estimate of drug-likeness (QED) is 0.376. The smallest absolute Gasteiger partial charge is 0.346 e. The molecular formula is C28H29N3O3. The van der Waals surface area contributed by atoms with Gasteiger partial charge >= 0.3 is 11.7 Å². The molecule has 6 heteroatoms. The topological polar surface area (TPSA) is 77.1 Å². The number of rotatable bonds is 9. The minimum absolute atomic E-state index is 0.105. The Hall–Kier alpha value is -3.93. The fourth-order valence-electron chi connectivity index (χ4n) is 4.07. The SMILES string of the molecule is CCC(C)c1nn(CCc2ccccc2)c(=O)n1Cc1ccc(-c2ccccc2C(=O)O)cc1. The molecule has 0 aliphatic carbocycles. The van der Waals surface area contributed by atoms with Crippen LogP contribution in [0, 0.1) is 0 Å². The van der Waals surface area contributed by atoms with Crippen molar-refractivity contribution in [3.63, 3.8) is 0 Å². The summed E-state index contributed by atoms with van der Waals surface area (Å²) in [6.07, 6.45) is 1.63. The van der Waals surface area contributed by atoms with Gasteiger partial charge in [-0.1, -0.05) is 86.6 Å². The number of aryl methyl sites for hydroxylation is 2. The largest absolute Gasteiger partial charge is 0.478 e. The van der Waals surface area contributed by atoms with Gasteiger partial charge in [-0.15, -0.1) is 0 Å². The van der Waals surface area contributed by atoms with Crippen molar-refractivity contribution in [2.75, 3.05) is 0 Å². The number of carboxylic acids is 1. The standard InChI is InChI=1S/C28H29N3O3/c1-3-20(2)26-29-31(18-17-21-9-5-4-6-10-21)28(34)30(26)19-22-13-15-23(16-14-22)24-11-7-8-12-25(24)27(32)33/h4-16,20H,3,17-19H2,1-2H3,(H,32,33). The summed E-state index contributed by atoms with van der Waals surface area (Å²) < 4.78 is 3.34. The molecule has 6 nitrogen and oxygen atoms in total. The second-order valence-electron chi connectivity index (χ2n) is 8.54. The minimum atomic E-state index is -0.952. The molecule has 0 amide bonds. The molecule has 1 unspecified atom stereocenters. The van der Waals surface area contributed by atoms with E-state index in [1.54, 1.807) is 27.4 Å². The summed E-state index contributed by atoms with van der Waals surface area (Å²) in [6.45, 7) is 5.14. The number of carbonyl (C=O) groups is 1. The third-order valence-electron chi connectivity index (χ3n) is 6.22. The van der Waals surface area contributed by atoms with Gasteiger partial charge in [-0.3, -0.25) is 4.57 Å². The summed E-state index contributed by atoms with van der Waals surface area (Å²) >= 11 is 0. The second-order valence-corrected chi connectivity index (χ2v) is 8.54. The zero-order chi connectivity index (χ0) is 24.1. The Balaban J connectivity index is 1.60. The van der Waals surface area contributed by atoms with Crippen molar-refractivity contribution in [1.29, 1.82) is 0 Å². The third kappa shape index (κ3) is 5.01. The number of aromatic carboxylic acids is 1. The Morgan fingerprint density at radius 2 is 1.62 bits per heavy atom.